The molecule has 0 aliphatic carbocycles. The van der Waals surface area contributed by atoms with Crippen LogP contribution >= 0.6 is 0 Å². The van der Waals surface area contributed by atoms with Crippen molar-refractivity contribution in [2.75, 3.05) is 0 Å². The molecule has 2 aromatic heterocycles. The van der Waals surface area contributed by atoms with E-state index in [-0.39, 0.29) is 0 Å². The lowest BCUT2D eigenvalue weighted by atomic mass is 10.2. The minimum atomic E-state index is 0.850. The molecule has 0 radical (unpaired) electrons. The van der Waals surface area contributed by atoms with Crippen molar-refractivity contribution in [2.45, 2.75) is 25.8 Å². The Bertz CT molecular complexity index is 961. The van der Waals surface area contributed by atoms with Gasteiger partial charge >= 0.3 is 0 Å². The van der Waals surface area contributed by atoms with Crippen LogP contribution in [0.1, 0.15) is 18.5 Å². The largest absolute Gasteiger partial charge is 0.661 e. The van der Waals surface area contributed by atoms with Gasteiger partial charge in [-0.3, -0.25) is 0 Å². The lowest BCUT2D eigenvalue weighted by Crippen LogP contribution is -2.32. The second-order valence-corrected chi connectivity index (χ2v) is 6.45. The van der Waals surface area contributed by atoms with Crippen molar-refractivity contribution in [3.8, 4) is 11.5 Å². The first-order chi connectivity index (χ1) is 12.9. The van der Waals surface area contributed by atoms with Crippen molar-refractivity contribution < 1.29 is 9.30 Å². The molecule has 2 heterocycles. The van der Waals surface area contributed by atoms with Crippen LogP contribution in [0, 0.1) is 0 Å². The highest BCUT2D eigenvalue weighted by molar-refractivity contribution is 5.81. The van der Waals surface area contributed by atoms with Crippen LogP contribution in [-0.4, -0.2) is 0 Å². The van der Waals surface area contributed by atoms with Crippen LogP contribution in [0.2, 0.25) is 0 Å². The van der Waals surface area contributed by atoms with Gasteiger partial charge in [0.15, 0.2) is 12.4 Å². The number of pyridine rings is 1. The molecule has 0 saturated carbocycles. The standard InChI is InChI=1S/C23H22N2O/c1-3-10-21(11-4-1)26-22-12-13-23-19(18-22)17-20(24-23)9-5-8-16-25-14-6-2-7-15-25/h1-4,6-7,10-15,17-18H,5,8-9,16H2. The number of benzene rings is 2. The summed E-state index contributed by atoms with van der Waals surface area (Å²) in [6.07, 6.45) is 7.53. The van der Waals surface area contributed by atoms with Crippen LogP contribution in [0.3, 0.4) is 0 Å². The van der Waals surface area contributed by atoms with E-state index in [4.69, 9.17) is 9.72 Å². The van der Waals surface area contributed by atoms with Crippen LogP contribution in [0.4, 0.5) is 0 Å². The molecule has 4 aromatic rings. The van der Waals surface area contributed by atoms with E-state index in [2.05, 4.69) is 41.2 Å². The number of aromatic nitrogens is 2. The Morgan fingerprint density at radius 2 is 1.58 bits per heavy atom. The zero-order valence-electron chi connectivity index (χ0n) is 14.7. The smallest absolute Gasteiger partial charge is 0.168 e. The van der Waals surface area contributed by atoms with Gasteiger partial charge in [0.1, 0.15) is 18.0 Å². The maximum absolute atomic E-state index is 5.91. The molecule has 130 valence electrons. The van der Waals surface area contributed by atoms with E-state index in [1.165, 1.54) is 0 Å². The summed E-state index contributed by atoms with van der Waals surface area (Å²) < 4.78 is 8.14. The van der Waals surface area contributed by atoms with E-state index in [0.29, 0.717) is 0 Å². The van der Waals surface area contributed by atoms with Crippen LogP contribution in [0.5, 0.6) is 11.5 Å². The molecular weight excluding hydrogens is 320 g/mol. The highest BCUT2D eigenvalue weighted by Crippen LogP contribution is 2.26. The number of nitrogens with zero attached hydrogens (tertiary/aromatic N) is 2. The molecule has 0 atom stereocenters. The molecule has 0 unspecified atom stereocenters. The van der Waals surface area contributed by atoms with E-state index < -0.39 is 0 Å². The van der Waals surface area contributed by atoms with Crippen LogP contribution in [0.15, 0.2) is 85.2 Å². The third-order valence-electron chi connectivity index (χ3n) is 4.44. The molecule has 0 aliphatic rings. The number of hydrogen-bond donors (Lipinski definition) is 0. The molecular formula is C23H22N2O. The first kappa shape index (κ1) is 16.4. The van der Waals surface area contributed by atoms with E-state index in [1.807, 2.05) is 48.5 Å². The molecule has 26 heavy (non-hydrogen) atoms. The maximum atomic E-state index is 5.91. The van der Waals surface area contributed by atoms with Gasteiger partial charge in [-0.2, -0.15) is 5.69 Å². The predicted octanol–water partition coefficient (Wildman–Crippen LogP) is 4.90. The lowest BCUT2D eigenvalue weighted by Gasteiger charge is -2.07. The second-order valence-electron chi connectivity index (χ2n) is 6.45. The number of fused-ring (bicyclic) bond motifs is 1. The summed E-state index contributed by atoms with van der Waals surface area (Å²) in [5.74, 6) is 1.70. The number of unbranched alkanes of at least 4 members (excludes halogenated alkanes) is 1. The lowest BCUT2D eigenvalue weighted by molar-refractivity contribution is -0.697. The van der Waals surface area contributed by atoms with Gasteiger partial charge in [0, 0.05) is 18.6 Å². The minimum Gasteiger partial charge on any atom is -0.661 e. The summed E-state index contributed by atoms with van der Waals surface area (Å²) in [6, 6.07) is 24.3. The molecule has 0 saturated heterocycles. The van der Waals surface area contributed by atoms with Crippen LogP contribution < -0.4 is 14.3 Å². The van der Waals surface area contributed by atoms with E-state index in [0.717, 1.165) is 53.9 Å². The first-order valence-corrected chi connectivity index (χ1v) is 9.10. The molecule has 2 aromatic carbocycles. The number of hydrogen-bond acceptors (Lipinski definition) is 1. The van der Waals surface area contributed by atoms with E-state index >= 15 is 0 Å². The summed E-state index contributed by atoms with van der Waals surface area (Å²) >= 11 is 0. The van der Waals surface area contributed by atoms with Crippen molar-refractivity contribution >= 4 is 10.9 Å². The molecule has 0 N–H and O–H groups in total. The summed E-state index contributed by atoms with van der Waals surface area (Å²) in [6.45, 7) is 1.05. The monoisotopic (exact) mass is 342 g/mol. The van der Waals surface area contributed by atoms with Crippen molar-refractivity contribution in [3.63, 3.8) is 0 Å². The Labute approximate surface area is 153 Å². The predicted molar refractivity (Wildman–Crippen MR) is 103 cm³/mol. The van der Waals surface area contributed by atoms with Crippen molar-refractivity contribution in [2.24, 2.45) is 0 Å². The normalized spacial score (nSPS) is 10.9. The van der Waals surface area contributed by atoms with Gasteiger partial charge in [-0.25, -0.2) is 4.57 Å². The molecule has 0 bridgehead atoms. The zero-order chi connectivity index (χ0) is 17.6. The fourth-order valence-electron chi connectivity index (χ4n) is 3.12. The Morgan fingerprint density at radius 1 is 0.769 bits per heavy atom. The van der Waals surface area contributed by atoms with Crippen molar-refractivity contribution in [3.05, 3.63) is 90.9 Å². The van der Waals surface area contributed by atoms with Gasteiger partial charge < -0.3 is 9.72 Å². The van der Waals surface area contributed by atoms with Gasteiger partial charge in [0.25, 0.3) is 0 Å². The van der Waals surface area contributed by atoms with E-state index in [9.17, 15) is 0 Å². The van der Waals surface area contributed by atoms with Gasteiger partial charge in [0.05, 0.1) is 0 Å². The highest BCUT2D eigenvalue weighted by Gasteiger charge is 2.00. The molecule has 3 nitrogen and oxygen atoms in total. The van der Waals surface area contributed by atoms with Gasteiger partial charge in [-0.1, -0.05) is 36.4 Å². The number of ether oxygens (including phenoxy) is 1. The third kappa shape index (κ3) is 4.12. The van der Waals surface area contributed by atoms with Gasteiger partial charge in [0.2, 0.25) is 0 Å². The highest BCUT2D eigenvalue weighted by atomic mass is 16.5. The second kappa shape index (κ2) is 7.87. The third-order valence-corrected chi connectivity index (χ3v) is 4.44. The molecule has 3 heteroatoms. The number of rotatable bonds is 7. The van der Waals surface area contributed by atoms with Gasteiger partial charge in [-0.15, -0.1) is 5.52 Å². The summed E-state index contributed by atoms with van der Waals surface area (Å²) in [4.78, 5) is 4.74. The number of aryl methyl sites for hydroxylation is 2. The molecule has 0 fully saturated rings. The zero-order valence-corrected chi connectivity index (χ0v) is 14.7. The van der Waals surface area contributed by atoms with Crippen LogP contribution in [-0.2, 0) is 13.0 Å². The quantitative estimate of drug-likeness (QED) is 0.353. The minimum absolute atomic E-state index is 0.850. The fraction of sp³-hybridized carbons (Fsp3) is 0.174. The topological polar surface area (TPSA) is 27.2 Å². The average molecular weight is 342 g/mol. The Balaban J connectivity index is 1.36. The summed E-state index contributed by atoms with van der Waals surface area (Å²) in [5.41, 5.74) is 2.20. The summed E-state index contributed by atoms with van der Waals surface area (Å²) in [7, 11) is 0. The SMILES string of the molecule is c1ccc(Oc2ccc3[n-]c(CCCC[n+]4ccccc4)cc3c2)cc1. The first-order valence-electron chi connectivity index (χ1n) is 9.10. The average Bonchev–Trinajstić information content (AvgIpc) is 3.09. The molecule has 0 aliphatic heterocycles. The molecule has 4 rings (SSSR count). The molecule has 0 spiro atoms. The maximum Gasteiger partial charge on any atom is 0.168 e. The van der Waals surface area contributed by atoms with Crippen LogP contribution in [0.25, 0.3) is 10.9 Å². The van der Waals surface area contributed by atoms with Gasteiger partial charge in [-0.05, 0) is 42.5 Å². The fourth-order valence-corrected chi connectivity index (χ4v) is 3.12. The Morgan fingerprint density at radius 3 is 2.42 bits per heavy atom. The Hall–Kier alpha value is -3.07. The molecule has 0 amide bonds. The van der Waals surface area contributed by atoms with E-state index in [1.54, 1.807) is 0 Å². The van der Waals surface area contributed by atoms with Crippen molar-refractivity contribution in [1.82, 2.24) is 4.98 Å². The van der Waals surface area contributed by atoms with Crippen molar-refractivity contribution in [1.29, 1.82) is 0 Å². The Kier molecular flexibility index (Phi) is 4.97. The summed E-state index contributed by atoms with van der Waals surface area (Å²) in [5, 5.41) is 1.14. The number of para-hydroxylation sites is 1.